The van der Waals surface area contributed by atoms with Gasteiger partial charge in [-0.3, -0.25) is 4.90 Å². The smallest absolute Gasteiger partial charge is 0.0679 e. The summed E-state index contributed by atoms with van der Waals surface area (Å²) in [5.74, 6) is 0.568. The average molecular weight is 421 g/mol. The number of hydrogen-bond donors (Lipinski definition) is 1. The van der Waals surface area contributed by atoms with E-state index in [1.807, 2.05) is 18.2 Å². The van der Waals surface area contributed by atoms with Gasteiger partial charge in [-0.15, -0.1) is 0 Å². The number of likely N-dealkylation sites (tertiary alicyclic amines) is 1. The molecule has 1 saturated heterocycles. The zero-order valence-electron chi connectivity index (χ0n) is 13.0. The van der Waals surface area contributed by atoms with Crippen molar-refractivity contribution < 1.29 is 37.8 Å². The van der Waals surface area contributed by atoms with E-state index in [-0.39, 0.29) is 61.1 Å². The normalized spacial score (nSPS) is 16.3. The van der Waals surface area contributed by atoms with Gasteiger partial charge in [0.15, 0.2) is 0 Å². The summed E-state index contributed by atoms with van der Waals surface area (Å²) in [5, 5.41) is 9.93. The predicted octanol–water partition coefficient (Wildman–Crippen LogP) is 5.83. The Hall–Kier alpha value is 0.534. The van der Waals surface area contributed by atoms with Crippen LogP contribution in [0.5, 0.6) is 0 Å². The topological polar surface area (TPSA) is 23.5 Å². The molecular weight excluding hydrogens is 383 g/mol. The number of aliphatic hydroxyl groups is 1. The van der Waals surface area contributed by atoms with Gasteiger partial charge in [-0.05, 0) is 43.9 Å². The fraction of sp³-hybridized carbons (Fsp3) is 0.684. The molecule has 0 spiro atoms. The Labute approximate surface area is 175 Å². The van der Waals surface area contributed by atoms with Crippen molar-refractivity contribution in [1.82, 2.24) is 4.90 Å². The van der Waals surface area contributed by atoms with E-state index in [0.29, 0.717) is 12.0 Å². The summed E-state index contributed by atoms with van der Waals surface area (Å²) in [5.41, 5.74) is 1.30. The minimum atomic E-state index is -0.0626. The van der Waals surface area contributed by atoms with Gasteiger partial charge < -0.3 is 5.11 Å². The van der Waals surface area contributed by atoms with Gasteiger partial charge in [-0.2, -0.15) is 0 Å². The second-order valence-corrected chi connectivity index (χ2v) is 6.18. The zero-order valence-corrected chi connectivity index (χ0v) is 16.6. The van der Waals surface area contributed by atoms with E-state index in [9.17, 15) is 0 Å². The van der Waals surface area contributed by atoms with Crippen molar-refractivity contribution in [2.75, 3.05) is 13.1 Å². The van der Waals surface area contributed by atoms with E-state index in [1.54, 1.807) is 0 Å². The van der Waals surface area contributed by atoms with Crippen LogP contribution < -0.4 is 0 Å². The number of aliphatic hydroxyl groups excluding tert-OH is 1. The second kappa shape index (κ2) is 16.0. The molecular formula is C19H38ClNOY. The maximum Gasteiger partial charge on any atom is 0.0679 e. The van der Waals surface area contributed by atoms with Crippen LogP contribution in [0.15, 0.2) is 24.3 Å². The van der Waals surface area contributed by atoms with Gasteiger partial charge in [0.2, 0.25) is 0 Å². The fourth-order valence-electron chi connectivity index (χ4n) is 2.10. The minimum Gasteiger partial charge on any atom is -0.392 e. The van der Waals surface area contributed by atoms with E-state index in [0.717, 1.165) is 24.5 Å². The molecule has 1 aliphatic rings. The van der Waals surface area contributed by atoms with E-state index in [4.69, 9.17) is 16.7 Å². The van der Waals surface area contributed by atoms with Crippen LogP contribution in [0.1, 0.15) is 67.9 Å². The second-order valence-electron chi connectivity index (χ2n) is 5.74. The van der Waals surface area contributed by atoms with Crippen LogP contribution in [0.25, 0.3) is 0 Å². The molecule has 1 N–H and O–H groups in total. The van der Waals surface area contributed by atoms with Gasteiger partial charge in [0, 0.05) is 56.9 Å². The standard InChI is InChI=1S/C9H11Cl.C7H15NO.3CH4.Y/c1-7(2)8-4-3-5-9(10)6-8;1-6(2)8-4-3-7(9)5-8;;;;/h3-7H,1-2H3;6-7,9H,3-5H2,1-2H3;3*1H4;/t;7-;;;;/m.0..../s1. The molecule has 0 aromatic heterocycles. The van der Waals surface area contributed by atoms with Gasteiger partial charge >= 0.3 is 0 Å². The zero-order chi connectivity index (χ0) is 14.4. The first kappa shape index (κ1) is 31.3. The molecule has 0 amide bonds. The summed E-state index contributed by atoms with van der Waals surface area (Å²) in [6.45, 7) is 10.6. The molecule has 1 aromatic carbocycles. The summed E-state index contributed by atoms with van der Waals surface area (Å²) in [4.78, 5) is 2.30. The van der Waals surface area contributed by atoms with Crippen molar-refractivity contribution in [3.05, 3.63) is 34.9 Å². The van der Waals surface area contributed by atoms with Crippen LogP contribution >= 0.6 is 11.6 Å². The van der Waals surface area contributed by atoms with E-state index in [1.165, 1.54) is 5.56 Å². The molecule has 1 aromatic rings. The molecule has 1 atom stereocenters. The maximum absolute atomic E-state index is 9.11. The van der Waals surface area contributed by atoms with E-state index < -0.39 is 0 Å². The Morgan fingerprint density at radius 3 is 1.96 bits per heavy atom. The van der Waals surface area contributed by atoms with Crippen molar-refractivity contribution in [1.29, 1.82) is 0 Å². The van der Waals surface area contributed by atoms with Gasteiger partial charge in [0.05, 0.1) is 6.10 Å². The van der Waals surface area contributed by atoms with Crippen molar-refractivity contribution in [3.63, 3.8) is 0 Å². The van der Waals surface area contributed by atoms with Crippen LogP contribution in [-0.4, -0.2) is 35.2 Å². The molecule has 23 heavy (non-hydrogen) atoms. The number of β-amino-alcohol motifs (C(OH)–C–C–N with tert-alkyl or cyclic N) is 1. The molecule has 0 bridgehead atoms. The van der Waals surface area contributed by atoms with Crippen LogP contribution in [0, 0.1) is 0 Å². The molecule has 1 radical (unpaired) electrons. The molecule has 0 unspecified atom stereocenters. The molecule has 2 rings (SSSR count). The minimum absolute atomic E-state index is 0. The van der Waals surface area contributed by atoms with Gasteiger partial charge in [-0.25, -0.2) is 0 Å². The number of rotatable bonds is 2. The first-order chi connectivity index (χ1) is 8.90. The SMILES string of the molecule is C.C.C.CC(C)N1CC[C@H](O)C1.CC(C)c1cccc(Cl)c1.[Y]. The molecule has 4 heteroatoms. The Balaban J connectivity index is -0.000000134. The van der Waals surface area contributed by atoms with Crippen molar-refractivity contribution >= 4 is 11.6 Å². The average Bonchev–Trinajstić information content (AvgIpc) is 2.77. The number of hydrogen-bond acceptors (Lipinski definition) is 2. The molecule has 1 fully saturated rings. The summed E-state index contributed by atoms with van der Waals surface area (Å²) < 4.78 is 0. The van der Waals surface area contributed by atoms with Crippen LogP contribution in [0.4, 0.5) is 0 Å². The molecule has 1 heterocycles. The van der Waals surface area contributed by atoms with Crippen LogP contribution in [0.3, 0.4) is 0 Å². The first-order valence-corrected chi connectivity index (χ1v) is 7.45. The van der Waals surface area contributed by atoms with Crippen molar-refractivity contribution in [2.24, 2.45) is 0 Å². The van der Waals surface area contributed by atoms with Gasteiger partial charge in [0.1, 0.15) is 0 Å². The third-order valence-corrected chi connectivity index (χ3v) is 3.68. The van der Waals surface area contributed by atoms with Gasteiger partial charge in [-0.1, -0.05) is 59.9 Å². The van der Waals surface area contributed by atoms with Crippen molar-refractivity contribution in [3.8, 4) is 0 Å². The molecule has 1 aliphatic heterocycles. The van der Waals surface area contributed by atoms with Crippen LogP contribution in [0.2, 0.25) is 5.02 Å². The summed E-state index contributed by atoms with van der Waals surface area (Å²) in [7, 11) is 0. The third kappa shape index (κ3) is 12.5. The predicted molar refractivity (Wildman–Crippen MR) is 103 cm³/mol. The molecule has 2 nitrogen and oxygen atoms in total. The van der Waals surface area contributed by atoms with Crippen molar-refractivity contribution in [2.45, 2.75) is 74.5 Å². The largest absolute Gasteiger partial charge is 0.392 e. The Bertz CT molecular complexity index is 385. The number of halogens is 1. The first-order valence-electron chi connectivity index (χ1n) is 7.07. The Kier molecular flexibility index (Phi) is 21.8. The molecule has 0 saturated carbocycles. The van der Waals surface area contributed by atoms with Gasteiger partial charge in [0.25, 0.3) is 0 Å². The summed E-state index contributed by atoms with van der Waals surface area (Å²) >= 11 is 5.79. The number of nitrogens with zero attached hydrogens (tertiary/aromatic N) is 1. The third-order valence-electron chi connectivity index (χ3n) is 3.44. The fourth-order valence-corrected chi connectivity index (χ4v) is 2.30. The van der Waals surface area contributed by atoms with Crippen LogP contribution in [-0.2, 0) is 32.7 Å². The Morgan fingerprint density at radius 1 is 1.13 bits per heavy atom. The maximum atomic E-state index is 9.11. The summed E-state index contributed by atoms with van der Waals surface area (Å²) in [6, 6.07) is 8.58. The summed E-state index contributed by atoms with van der Waals surface area (Å²) in [6.07, 6.45) is 0.894. The quantitative estimate of drug-likeness (QED) is 0.650. The molecule has 0 aliphatic carbocycles. The van der Waals surface area contributed by atoms with E-state index in [2.05, 4.69) is 38.7 Å². The monoisotopic (exact) mass is 420 g/mol. The van der Waals surface area contributed by atoms with E-state index >= 15 is 0 Å². The Morgan fingerprint density at radius 2 is 1.70 bits per heavy atom. The molecule has 135 valence electrons. The number of benzene rings is 1.